The average molecular weight is 455 g/mol. The van der Waals surface area contributed by atoms with Gasteiger partial charge >= 0.3 is 6.18 Å². The lowest BCUT2D eigenvalue weighted by Gasteiger charge is -2.17. The van der Waals surface area contributed by atoms with E-state index in [1.165, 1.54) is 4.57 Å². The van der Waals surface area contributed by atoms with Gasteiger partial charge in [0.15, 0.2) is 0 Å². The number of halogens is 4. The van der Waals surface area contributed by atoms with Crippen LogP contribution in [-0.2, 0) is 17.6 Å². The number of hydrogen-bond donors (Lipinski definition) is 0. The number of rotatable bonds is 5. The number of nitrogens with zero attached hydrogens (tertiary/aromatic N) is 1. The largest absolute Gasteiger partial charge is 0.432 e. The summed E-state index contributed by atoms with van der Waals surface area (Å²) >= 11 is 1.79. The van der Waals surface area contributed by atoms with E-state index in [9.17, 15) is 13.2 Å². The Morgan fingerprint density at radius 3 is 2.43 bits per heavy atom. The lowest BCUT2D eigenvalue weighted by Crippen LogP contribution is -2.22. The molecule has 0 saturated carbocycles. The molecule has 0 N–H and O–H groups in total. The summed E-state index contributed by atoms with van der Waals surface area (Å²) in [6, 6.07) is 6.30. The molecule has 0 spiro atoms. The Balaban J connectivity index is 2.37. The van der Waals surface area contributed by atoms with E-state index in [-0.39, 0.29) is 10.3 Å². The minimum atomic E-state index is -4.40. The second-order valence-corrected chi connectivity index (χ2v) is 13.7. The Morgan fingerprint density at radius 1 is 1.22 bits per heavy atom. The molecule has 0 radical (unpaired) electrons. The molecule has 2 aromatic rings. The number of ether oxygens (including phenoxy) is 1. The maximum atomic E-state index is 13.5. The van der Waals surface area contributed by atoms with Crippen molar-refractivity contribution in [3.63, 3.8) is 0 Å². The van der Waals surface area contributed by atoms with Gasteiger partial charge in [-0.05, 0) is 47.7 Å². The summed E-state index contributed by atoms with van der Waals surface area (Å²) in [5.41, 5.74) is 0.896. The van der Waals surface area contributed by atoms with Crippen molar-refractivity contribution in [2.24, 2.45) is 0 Å². The minimum Gasteiger partial charge on any atom is -0.361 e. The number of alkyl halides is 3. The van der Waals surface area contributed by atoms with Crippen LogP contribution < -0.4 is 0 Å². The molecule has 0 unspecified atom stereocenters. The van der Waals surface area contributed by atoms with Crippen LogP contribution >= 0.6 is 22.6 Å². The van der Waals surface area contributed by atoms with Gasteiger partial charge in [0.05, 0.1) is 9.09 Å². The summed E-state index contributed by atoms with van der Waals surface area (Å²) in [5, 5.41) is 0.631. The molecule has 2 nitrogen and oxygen atoms in total. The number of aromatic nitrogens is 1. The van der Waals surface area contributed by atoms with Crippen molar-refractivity contribution in [3.8, 4) is 0 Å². The van der Waals surface area contributed by atoms with Crippen LogP contribution in [0.5, 0.6) is 0 Å². The smallest absolute Gasteiger partial charge is 0.361 e. The van der Waals surface area contributed by atoms with Gasteiger partial charge in [-0.25, -0.2) is 0 Å². The highest BCUT2D eigenvalue weighted by Gasteiger charge is 2.38. The standard InChI is InChI=1S/C16H21F3INOSi/c1-11-5-6-13-12(9-11)14(20)15(16(17,18)19)21(13)10-22-7-8-23(2,3)4/h5-6,9H,7-8,10H2,1-4H3. The van der Waals surface area contributed by atoms with Gasteiger partial charge in [-0.3, -0.25) is 0 Å². The maximum Gasteiger partial charge on any atom is 0.432 e. The van der Waals surface area contributed by atoms with E-state index in [2.05, 4.69) is 19.6 Å². The van der Waals surface area contributed by atoms with E-state index in [1.54, 1.807) is 34.7 Å². The lowest BCUT2D eigenvalue weighted by atomic mass is 10.2. The van der Waals surface area contributed by atoms with Crippen LogP contribution in [-0.4, -0.2) is 19.2 Å². The van der Waals surface area contributed by atoms with Crippen LogP contribution in [0.2, 0.25) is 25.7 Å². The molecule has 0 aliphatic heterocycles. The highest BCUT2D eigenvalue weighted by Crippen LogP contribution is 2.39. The van der Waals surface area contributed by atoms with Crippen LogP contribution in [0.1, 0.15) is 11.3 Å². The highest BCUT2D eigenvalue weighted by molar-refractivity contribution is 14.1. The van der Waals surface area contributed by atoms with Gasteiger partial charge in [-0.1, -0.05) is 31.3 Å². The molecule has 0 fully saturated rings. The molecule has 0 aliphatic rings. The fourth-order valence-electron chi connectivity index (χ4n) is 2.37. The summed E-state index contributed by atoms with van der Waals surface area (Å²) < 4.78 is 47.5. The average Bonchev–Trinajstić information content (AvgIpc) is 2.66. The number of benzene rings is 1. The van der Waals surface area contributed by atoms with Crippen molar-refractivity contribution in [2.45, 2.75) is 45.5 Å². The third-order valence-corrected chi connectivity index (χ3v) is 6.44. The molecule has 128 valence electrons. The Hall–Kier alpha value is -0.543. The van der Waals surface area contributed by atoms with Crippen molar-refractivity contribution < 1.29 is 17.9 Å². The number of fused-ring (bicyclic) bond motifs is 1. The predicted molar refractivity (Wildman–Crippen MR) is 98.5 cm³/mol. The van der Waals surface area contributed by atoms with Crippen LogP contribution in [0.25, 0.3) is 10.9 Å². The van der Waals surface area contributed by atoms with E-state index in [0.29, 0.717) is 17.5 Å². The molecule has 0 saturated heterocycles. The molecule has 23 heavy (non-hydrogen) atoms. The Kier molecular flexibility index (Phi) is 5.52. The van der Waals surface area contributed by atoms with Gasteiger partial charge in [-0.15, -0.1) is 0 Å². The van der Waals surface area contributed by atoms with Crippen molar-refractivity contribution in [3.05, 3.63) is 33.0 Å². The summed E-state index contributed by atoms with van der Waals surface area (Å²) in [6.45, 7) is 8.96. The number of hydrogen-bond acceptors (Lipinski definition) is 1. The van der Waals surface area contributed by atoms with Crippen LogP contribution in [0, 0.1) is 10.5 Å². The molecule has 1 aromatic carbocycles. The summed E-state index contributed by atoms with van der Waals surface area (Å²) in [6.07, 6.45) is -4.40. The Labute approximate surface area is 149 Å². The predicted octanol–water partition coefficient (Wildman–Crippen LogP) is 5.89. The lowest BCUT2D eigenvalue weighted by molar-refractivity contribution is -0.146. The third kappa shape index (κ3) is 4.51. The maximum absolute atomic E-state index is 13.5. The molecule has 7 heteroatoms. The summed E-state index contributed by atoms with van der Waals surface area (Å²) in [4.78, 5) is 0. The van der Waals surface area contributed by atoms with Crippen molar-refractivity contribution in [1.82, 2.24) is 4.57 Å². The van der Waals surface area contributed by atoms with Gasteiger partial charge in [0.2, 0.25) is 0 Å². The highest BCUT2D eigenvalue weighted by atomic mass is 127. The van der Waals surface area contributed by atoms with Gasteiger partial charge in [0.1, 0.15) is 12.4 Å². The summed E-state index contributed by atoms with van der Waals surface area (Å²) in [5.74, 6) is 0. The van der Waals surface area contributed by atoms with E-state index in [0.717, 1.165) is 11.6 Å². The minimum absolute atomic E-state index is 0.0676. The molecule has 0 atom stereocenters. The molecule has 1 heterocycles. The van der Waals surface area contributed by atoms with E-state index < -0.39 is 19.9 Å². The van der Waals surface area contributed by atoms with Gasteiger partial charge in [-0.2, -0.15) is 13.2 Å². The number of aryl methyl sites for hydroxylation is 1. The zero-order valence-corrected chi connectivity index (χ0v) is 16.9. The first-order valence-corrected chi connectivity index (χ1v) is 12.2. The zero-order valence-electron chi connectivity index (χ0n) is 13.7. The first-order valence-electron chi connectivity index (χ1n) is 7.44. The Morgan fingerprint density at radius 2 is 1.87 bits per heavy atom. The molecular formula is C16H21F3INOSi. The van der Waals surface area contributed by atoms with Crippen molar-refractivity contribution >= 4 is 41.6 Å². The molecule has 1 aromatic heterocycles. The van der Waals surface area contributed by atoms with Crippen LogP contribution in [0.15, 0.2) is 18.2 Å². The van der Waals surface area contributed by atoms with Gasteiger partial charge in [0.25, 0.3) is 0 Å². The Bertz CT molecular complexity index is 704. The second-order valence-electron chi connectivity index (χ2n) is 6.96. The topological polar surface area (TPSA) is 14.2 Å². The van der Waals surface area contributed by atoms with Crippen molar-refractivity contribution in [2.75, 3.05) is 6.61 Å². The third-order valence-electron chi connectivity index (χ3n) is 3.64. The quantitative estimate of drug-likeness (QED) is 0.312. The molecule has 0 aliphatic carbocycles. The van der Waals surface area contributed by atoms with Gasteiger partial charge < -0.3 is 9.30 Å². The summed E-state index contributed by atoms with van der Waals surface area (Å²) in [7, 11) is -1.26. The fourth-order valence-corrected chi connectivity index (χ4v) is 4.16. The molecule has 2 rings (SSSR count). The monoisotopic (exact) mass is 455 g/mol. The SMILES string of the molecule is Cc1ccc2c(c1)c(I)c(C(F)(F)F)n2COCC[Si](C)(C)C. The molecule has 0 bridgehead atoms. The second kappa shape index (κ2) is 6.76. The van der Waals surface area contributed by atoms with E-state index in [4.69, 9.17) is 4.74 Å². The first-order chi connectivity index (χ1) is 10.5. The normalized spacial score (nSPS) is 13.0. The molecular weight excluding hydrogens is 434 g/mol. The first kappa shape index (κ1) is 18.8. The van der Waals surface area contributed by atoms with Crippen LogP contribution in [0.4, 0.5) is 13.2 Å². The van der Waals surface area contributed by atoms with Gasteiger partial charge in [0, 0.05) is 20.1 Å². The van der Waals surface area contributed by atoms with Crippen LogP contribution in [0.3, 0.4) is 0 Å². The molecule has 0 amide bonds. The van der Waals surface area contributed by atoms with Crippen molar-refractivity contribution in [1.29, 1.82) is 0 Å². The van der Waals surface area contributed by atoms with E-state index in [1.807, 2.05) is 13.0 Å². The zero-order chi connectivity index (χ0) is 17.4. The van der Waals surface area contributed by atoms with E-state index >= 15 is 0 Å². The fraction of sp³-hybridized carbons (Fsp3) is 0.500.